The zero-order valence-corrected chi connectivity index (χ0v) is 30.8. The standard InChI is InChI=1S/C52H29N3S/c1-2-13-31-29-45-42(28-30(31)12-1)49-37(34-26-27-38-33-15-4-3-14-32(33)35-18-9-19-36(34)48(35)38)20-10-23-44(49)55(45)52-53-43-22-7-5-16-39(43)51(54-52)41-21-11-25-47-50(41)40-17-6-8-24-46(40)56-47/h1-29H. The van der Waals surface area contributed by atoms with Crippen LogP contribution in [-0.2, 0) is 0 Å². The number of aromatic nitrogens is 3. The van der Waals surface area contributed by atoms with Gasteiger partial charge < -0.3 is 0 Å². The molecule has 0 fully saturated rings. The monoisotopic (exact) mass is 727 g/mol. The van der Waals surface area contributed by atoms with Crippen molar-refractivity contribution in [2.24, 2.45) is 0 Å². The summed E-state index contributed by atoms with van der Waals surface area (Å²) in [7, 11) is 0. The van der Waals surface area contributed by atoms with E-state index < -0.39 is 0 Å². The Balaban J connectivity index is 1.14. The minimum atomic E-state index is 0.665. The van der Waals surface area contributed by atoms with Crippen LogP contribution in [0, 0.1) is 0 Å². The molecule has 3 heterocycles. The van der Waals surface area contributed by atoms with Gasteiger partial charge in [0.1, 0.15) is 0 Å². The Hall–Kier alpha value is -7.14. The lowest BCUT2D eigenvalue weighted by molar-refractivity contribution is 1.01. The van der Waals surface area contributed by atoms with Crippen LogP contribution in [-0.4, -0.2) is 14.5 Å². The van der Waals surface area contributed by atoms with Crippen LogP contribution in [0.15, 0.2) is 176 Å². The third-order valence-corrected chi connectivity index (χ3v) is 13.1. The van der Waals surface area contributed by atoms with E-state index in [4.69, 9.17) is 9.97 Å². The van der Waals surface area contributed by atoms with Crippen LogP contribution in [0.2, 0.25) is 0 Å². The molecule has 56 heavy (non-hydrogen) atoms. The summed E-state index contributed by atoms with van der Waals surface area (Å²) >= 11 is 1.84. The number of rotatable bonds is 3. The molecule has 0 unspecified atom stereocenters. The summed E-state index contributed by atoms with van der Waals surface area (Å²) in [4.78, 5) is 11.0. The first kappa shape index (κ1) is 30.2. The van der Waals surface area contributed by atoms with Crippen molar-refractivity contribution in [1.82, 2.24) is 14.5 Å². The molecule has 4 heteroatoms. The van der Waals surface area contributed by atoms with Gasteiger partial charge in [-0.05, 0) is 91.3 Å². The van der Waals surface area contributed by atoms with Gasteiger partial charge in [0.15, 0.2) is 0 Å². The lowest BCUT2D eigenvalue weighted by Gasteiger charge is -2.13. The highest BCUT2D eigenvalue weighted by Crippen LogP contribution is 2.51. The predicted octanol–water partition coefficient (Wildman–Crippen LogP) is 14.4. The van der Waals surface area contributed by atoms with Crippen molar-refractivity contribution in [1.29, 1.82) is 0 Å². The van der Waals surface area contributed by atoms with Crippen molar-refractivity contribution >= 4 is 85.8 Å². The maximum atomic E-state index is 5.59. The third kappa shape index (κ3) is 4.06. The average Bonchev–Trinajstić information content (AvgIpc) is 3.91. The van der Waals surface area contributed by atoms with E-state index >= 15 is 0 Å². The molecule has 0 saturated heterocycles. The van der Waals surface area contributed by atoms with E-state index in [1.807, 2.05) is 11.3 Å². The van der Waals surface area contributed by atoms with Crippen LogP contribution >= 0.6 is 11.3 Å². The van der Waals surface area contributed by atoms with Gasteiger partial charge in [-0.15, -0.1) is 11.3 Å². The first-order chi connectivity index (χ1) is 27.8. The normalized spacial score (nSPS) is 12.3. The van der Waals surface area contributed by atoms with Gasteiger partial charge in [-0.1, -0.05) is 140 Å². The number of thiophene rings is 1. The van der Waals surface area contributed by atoms with Crippen LogP contribution in [0.5, 0.6) is 0 Å². The molecule has 0 atom stereocenters. The first-order valence-electron chi connectivity index (χ1n) is 19.1. The lowest BCUT2D eigenvalue weighted by Crippen LogP contribution is -2.03. The maximum absolute atomic E-state index is 5.59. The highest BCUT2D eigenvalue weighted by molar-refractivity contribution is 7.25. The minimum absolute atomic E-state index is 0.665. The van der Waals surface area contributed by atoms with Gasteiger partial charge in [0.2, 0.25) is 5.95 Å². The third-order valence-electron chi connectivity index (χ3n) is 11.9. The van der Waals surface area contributed by atoms with E-state index in [1.165, 1.54) is 85.9 Å². The maximum Gasteiger partial charge on any atom is 0.235 e. The van der Waals surface area contributed by atoms with Crippen LogP contribution in [0.1, 0.15) is 0 Å². The van der Waals surface area contributed by atoms with Gasteiger partial charge in [0, 0.05) is 41.9 Å². The van der Waals surface area contributed by atoms with Crippen molar-refractivity contribution in [3.8, 4) is 50.6 Å². The van der Waals surface area contributed by atoms with Gasteiger partial charge >= 0.3 is 0 Å². The molecule has 0 bridgehead atoms. The Morgan fingerprint density at radius 3 is 1.84 bits per heavy atom. The predicted molar refractivity (Wildman–Crippen MR) is 237 cm³/mol. The quantitative estimate of drug-likeness (QED) is 0.181. The molecule has 1 aliphatic carbocycles. The van der Waals surface area contributed by atoms with Crippen molar-refractivity contribution in [2.75, 3.05) is 0 Å². The van der Waals surface area contributed by atoms with Gasteiger partial charge in [-0.25, -0.2) is 9.97 Å². The first-order valence-corrected chi connectivity index (χ1v) is 19.9. The van der Waals surface area contributed by atoms with Gasteiger partial charge in [-0.3, -0.25) is 4.57 Å². The van der Waals surface area contributed by atoms with Crippen molar-refractivity contribution in [3.05, 3.63) is 176 Å². The summed E-state index contributed by atoms with van der Waals surface area (Å²) in [5.41, 5.74) is 12.8. The fourth-order valence-electron chi connectivity index (χ4n) is 9.58. The largest absolute Gasteiger partial charge is 0.278 e. The van der Waals surface area contributed by atoms with E-state index in [2.05, 4.69) is 180 Å². The fraction of sp³-hybridized carbons (Fsp3) is 0. The zero-order chi connectivity index (χ0) is 36.5. The second-order valence-corrected chi connectivity index (χ2v) is 15.9. The Labute approximate surface area is 325 Å². The molecule has 12 aromatic rings. The molecule has 3 nitrogen and oxygen atoms in total. The Kier molecular flexibility index (Phi) is 6.04. The topological polar surface area (TPSA) is 30.7 Å². The van der Waals surface area contributed by atoms with Crippen molar-refractivity contribution in [3.63, 3.8) is 0 Å². The van der Waals surface area contributed by atoms with Crippen molar-refractivity contribution < 1.29 is 0 Å². The van der Waals surface area contributed by atoms with Crippen LogP contribution in [0.4, 0.5) is 0 Å². The zero-order valence-electron chi connectivity index (χ0n) is 30.0. The fourth-order valence-corrected chi connectivity index (χ4v) is 10.7. The van der Waals surface area contributed by atoms with E-state index in [-0.39, 0.29) is 0 Å². The molecule has 9 aromatic carbocycles. The van der Waals surface area contributed by atoms with Gasteiger partial charge in [0.25, 0.3) is 0 Å². The second kappa shape index (κ2) is 11.2. The number of fused-ring (bicyclic) bond motifs is 11. The summed E-state index contributed by atoms with van der Waals surface area (Å²) < 4.78 is 4.84. The Morgan fingerprint density at radius 1 is 0.357 bits per heavy atom. The summed E-state index contributed by atoms with van der Waals surface area (Å²) in [6.07, 6.45) is 0. The summed E-state index contributed by atoms with van der Waals surface area (Å²) in [5.74, 6) is 0.665. The number of para-hydroxylation sites is 1. The average molecular weight is 728 g/mol. The molecule has 258 valence electrons. The molecule has 13 rings (SSSR count). The second-order valence-electron chi connectivity index (χ2n) is 14.9. The Morgan fingerprint density at radius 2 is 0.964 bits per heavy atom. The van der Waals surface area contributed by atoms with Gasteiger partial charge in [0.05, 0.1) is 22.2 Å². The summed E-state index contributed by atoms with van der Waals surface area (Å²) in [6.45, 7) is 0. The smallest absolute Gasteiger partial charge is 0.235 e. The molecule has 0 spiro atoms. The highest BCUT2D eigenvalue weighted by Gasteiger charge is 2.25. The van der Waals surface area contributed by atoms with Crippen LogP contribution in [0.25, 0.3) is 125 Å². The molecule has 3 aromatic heterocycles. The summed E-state index contributed by atoms with van der Waals surface area (Å²) in [6, 6.07) is 64.1. The van der Waals surface area contributed by atoms with E-state index in [0.29, 0.717) is 5.95 Å². The number of benzene rings is 9. The highest BCUT2D eigenvalue weighted by atomic mass is 32.1. The molecule has 0 radical (unpaired) electrons. The molecular weight excluding hydrogens is 699 g/mol. The lowest BCUT2D eigenvalue weighted by atomic mass is 9.92. The van der Waals surface area contributed by atoms with Crippen LogP contribution < -0.4 is 0 Å². The molecule has 1 aliphatic rings. The molecule has 0 N–H and O–H groups in total. The molecule has 0 aliphatic heterocycles. The number of hydrogen-bond acceptors (Lipinski definition) is 3. The van der Waals surface area contributed by atoms with E-state index in [0.717, 1.165) is 33.2 Å². The number of hydrogen-bond donors (Lipinski definition) is 0. The molecule has 0 amide bonds. The molecular formula is C52H29N3S. The molecule has 0 saturated carbocycles. The van der Waals surface area contributed by atoms with Crippen LogP contribution in [0.3, 0.4) is 0 Å². The Bertz CT molecular complexity index is 3630. The number of nitrogens with zero attached hydrogens (tertiary/aromatic N) is 3. The van der Waals surface area contributed by atoms with Crippen molar-refractivity contribution in [2.45, 2.75) is 0 Å². The van der Waals surface area contributed by atoms with Gasteiger partial charge in [-0.2, -0.15) is 0 Å². The minimum Gasteiger partial charge on any atom is -0.278 e. The van der Waals surface area contributed by atoms with E-state index in [9.17, 15) is 0 Å². The van der Waals surface area contributed by atoms with E-state index in [1.54, 1.807) is 0 Å². The SMILES string of the molecule is c1ccc2c(c1)-c1cccc3c(-c4cccc5c4c4cc6ccccc6cc4n5-c4nc(-c5cccc6sc7ccccc7c56)c5ccccc5n4)ccc-2c13. The summed E-state index contributed by atoms with van der Waals surface area (Å²) in [5, 5.41) is 10.9.